The Labute approximate surface area is 139 Å². The first-order valence-corrected chi connectivity index (χ1v) is 7.99. The van der Waals surface area contributed by atoms with Crippen LogP contribution >= 0.6 is 15.9 Å². The molecule has 0 aliphatic rings. The second-order valence-corrected chi connectivity index (χ2v) is 5.61. The first kappa shape index (κ1) is 16.4. The van der Waals surface area contributed by atoms with Gasteiger partial charge in [-0.1, -0.05) is 22.0 Å². The Balaban J connectivity index is 1.75. The number of hydrogen-bond donors (Lipinski definition) is 2. The maximum Gasteiger partial charge on any atom is 0.226 e. The van der Waals surface area contributed by atoms with E-state index in [1.807, 2.05) is 55.5 Å². The molecule has 2 N–H and O–H groups in total. The first-order valence-electron chi connectivity index (χ1n) is 7.19. The van der Waals surface area contributed by atoms with Crippen molar-refractivity contribution in [2.45, 2.75) is 13.3 Å². The van der Waals surface area contributed by atoms with Crippen LogP contribution in [0.2, 0.25) is 0 Å². The molecule has 5 heteroatoms. The lowest BCUT2D eigenvalue weighted by Crippen LogP contribution is -2.16. The Bertz CT molecular complexity index is 614. The predicted octanol–water partition coefficient (Wildman–Crippen LogP) is 4.29. The standard InChI is InChI=1S/C17H19BrN2O2/c1-2-22-16-8-6-14(7-9-16)20-17(21)10-11-19-15-5-3-4-13(18)12-15/h3-9,12,19H,2,10-11H2,1H3,(H,20,21). The van der Waals surface area contributed by atoms with Gasteiger partial charge in [0.25, 0.3) is 0 Å². The van der Waals surface area contributed by atoms with Crippen LogP contribution in [0.25, 0.3) is 0 Å². The van der Waals surface area contributed by atoms with Gasteiger partial charge in [0.1, 0.15) is 5.75 Å². The number of hydrogen-bond acceptors (Lipinski definition) is 3. The Morgan fingerprint density at radius 3 is 2.59 bits per heavy atom. The van der Waals surface area contributed by atoms with E-state index in [-0.39, 0.29) is 5.91 Å². The summed E-state index contributed by atoms with van der Waals surface area (Å²) in [6.45, 7) is 3.15. The van der Waals surface area contributed by atoms with Gasteiger partial charge in [0.05, 0.1) is 6.61 Å². The number of anilines is 2. The number of halogens is 1. The Kier molecular flexibility index (Phi) is 6.27. The molecule has 1 amide bonds. The third-order valence-electron chi connectivity index (χ3n) is 2.95. The van der Waals surface area contributed by atoms with Gasteiger partial charge in [-0.25, -0.2) is 0 Å². The lowest BCUT2D eigenvalue weighted by molar-refractivity contribution is -0.115. The summed E-state index contributed by atoms with van der Waals surface area (Å²) in [7, 11) is 0. The van der Waals surface area contributed by atoms with Gasteiger partial charge in [0, 0.05) is 28.8 Å². The molecular formula is C17H19BrN2O2. The minimum atomic E-state index is -0.0216. The van der Waals surface area contributed by atoms with E-state index < -0.39 is 0 Å². The lowest BCUT2D eigenvalue weighted by atomic mass is 10.3. The predicted molar refractivity (Wildman–Crippen MR) is 93.5 cm³/mol. The number of carbonyl (C=O) groups is 1. The van der Waals surface area contributed by atoms with E-state index in [1.54, 1.807) is 0 Å². The number of rotatable bonds is 7. The van der Waals surface area contributed by atoms with Crippen molar-refractivity contribution in [3.63, 3.8) is 0 Å². The smallest absolute Gasteiger partial charge is 0.226 e. The summed E-state index contributed by atoms with van der Waals surface area (Å²) in [6.07, 6.45) is 0.403. The molecule has 4 nitrogen and oxygen atoms in total. The van der Waals surface area contributed by atoms with Crippen LogP contribution < -0.4 is 15.4 Å². The zero-order chi connectivity index (χ0) is 15.8. The molecule has 0 aromatic heterocycles. The summed E-state index contributed by atoms with van der Waals surface area (Å²) in [5.41, 5.74) is 1.76. The van der Waals surface area contributed by atoms with E-state index in [0.717, 1.165) is 21.6 Å². The number of ether oxygens (including phenoxy) is 1. The molecule has 2 rings (SSSR count). The van der Waals surface area contributed by atoms with Crippen LogP contribution in [0.4, 0.5) is 11.4 Å². The molecule has 0 saturated carbocycles. The maximum atomic E-state index is 11.9. The van der Waals surface area contributed by atoms with Crippen molar-refractivity contribution in [3.8, 4) is 5.75 Å². The van der Waals surface area contributed by atoms with Crippen LogP contribution in [0.5, 0.6) is 5.75 Å². The Hall–Kier alpha value is -2.01. The van der Waals surface area contributed by atoms with Gasteiger partial charge in [0.15, 0.2) is 0 Å². The van der Waals surface area contributed by atoms with Crippen LogP contribution in [0.15, 0.2) is 53.0 Å². The number of amides is 1. The Morgan fingerprint density at radius 2 is 1.91 bits per heavy atom. The van der Waals surface area contributed by atoms with Gasteiger partial charge in [-0.05, 0) is 49.4 Å². The van der Waals surface area contributed by atoms with E-state index in [1.165, 1.54) is 0 Å². The molecule has 0 atom stereocenters. The molecule has 0 radical (unpaired) electrons. The van der Waals surface area contributed by atoms with Crippen molar-refractivity contribution in [1.82, 2.24) is 0 Å². The van der Waals surface area contributed by atoms with Crippen molar-refractivity contribution >= 4 is 33.2 Å². The fourth-order valence-electron chi connectivity index (χ4n) is 1.94. The molecule has 2 aromatic rings. The van der Waals surface area contributed by atoms with Gasteiger partial charge >= 0.3 is 0 Å². The monoisotopic (exact) mass is 362 g/mol. The Morgan fingerprint density at radius 1 is 1.14 bits per heavy atom. The molecule has 0 spiro atoms. The van der Waals surface area contributed by atoms with Crippen LogP contribution in [-0.2, 0) is 4.79 Å². The number of benzene rings is 2. The highest BCUT2D eigenvalue weighted by molar-refractivity contribution is 9.10. The molecule has 0 fully saturated rings. The molecule has 0 heterocycles. The third-order valence-corrected chi connectivity index (χ3v) is 3.45. The highest BCUT2D eigenvalue weighted by Crippen LogP contribution is 2.17. The van der Waals surface area contributed by atoms with Crippen molar-refractivity contribution in [2.24, 2.45) is 0 Å². The lowest BCUT2D eigenvalue weighted by Gasteiger charge is -2.09. The summed E-state index contributed by atoms with van der Waals surface area (Å²) in [4.78, 5) is 11.9. The quantitative estimate of drug-likeness (QED) is 0.772. The largest absolute Gasteiger partial charge is 0.494 e. The summed E-state index contributed by atoms with van der Waals surface area (Å²) >= 11 is 3.41. The molecule has 0 saturated heterocycles. The van der Waals surface area contributed by atoms with Gasteiger partial charge < -0.3 is 15.4 Å². The normalized spacial score (nSPS) is 10.1. The molecule has 22 heavy (non-hydrogen) atoms. The summed E-state index contributed by atoms with van der Waals surface area (Å²) < 4.78 is 6.37. The van der Waals surface area contributed by atoms with Crippen molar-refractivity contribution < 1.29 is 9.53 Å². The van der Waals surface area contributed by atoms with E-state index in [0.29, 0.717) is 19.6 Å². The molecule has 2 aromatic carbocycles. The van der Waals surface area contributed by atoms with Crippen LogP contribution in [-0.4, -0.2) is 19.1 Å². The minimum absolute atomic E-state index is 0.0216. The van der Waals surface area contributed by atoms with E-state index in [2.05, 4.69) is 26.6 Å². The topological polar surface area (TPSA) is 50.4 Å². The second kappa shape index (κ2) is 8.44. The van der Waals surface area contributed by atoms with Gasteiger partial charge in [-0.2, -0.15) is 0 Å². The SMILES string of the molecule is CCOc1ccc(NC(=O)CCNc2cccc(Br)c2)cc1. The zero-order valence-electron chi connectivity index (χ0n) is 12.4. The average molecular weight is 363 g/mol. The molecule has 0 unspecified atom stereocenters. The summed E-state index contributed by atoms with van der Waals surface area (Å²) in [5, 5.41) is 6.08. The highest BCUT2D eigenvalue weighted by Gasteiger charge is 2.03. The van der Waals surface area contributed by atoms with E-state index in [4.69, 9.17) is 4.74 Å². The van der Waals surface area contributed by atoms with Crippen LogP contribution in [0, 0.1) is 0 Å². The first-order chi connectivity index (χ1) is 10.7. The molecule has 0 aliphatic carbocycles. The van der Waals surface area contributed by atoms with E-state index >= 15 is 0 Å². The van der Waals surface area contributed by atoms with Crippen molar-refractivity contribution in [2.75, 3.05) is 23.8 Å². The fourth-order valence-corrected chi connectivity index (χ4v) is 2.34. The van der Waals surface area contributed by atoms with Crippen LogP contribution in [0.1, 0.15) is 13.3 Å². The number of carbonyl (C=O) groups excluding carboxylic acids is 1. The van der Waals surface area contributed by atoms with Gasteiger partial charge in [0.2, 0.25) is 5.91 Å². The van der Waals surface area contributed by atoms with E-state index in [9.17, 15) is 4.79 Å². The van der Waals surface area contributed by atoms with Gasteiger partial charge in [-0.3, -0.25) is 4.79 Å². The summed E-state index contributed by atoms with van der Waals surface area (Å²) in [6, 6.07) is 15.2. The number of nitrogens with one attached hydrogen (secondary N) is 2. The van der Waals surface area contributed by atoms with Crippen molar-refractivity contribution in [3.05, 3.63) is 53.0 Å². The molecule has 116 valence electrons. The van der Waals surface area contributed by atoms with Crippen LogP contribution in [0.3, 0.4) is 0 Å². The fraction of sp³-hybridized carbons (Fsp3) is 0.235. The molecule has 0 aliphatic heterocycles. The molecular weight excluding hydrogens is 344 g/mol. The third kappa shape index (κ3) is 5.41. The van der Waals surface area contributed by atoms with Crippen molar-refractivity contribution in [1.29, 1.82) is 0 Å². The molecule has 0 bridgehead atoms. The zero-order valence-corrected chi connectivity index (χ0v) is 14.0. The minimum Gasteiger partial charge on any atom is -0.494 e. The maximum absolute atomic E-state index is 11.9. The highest BCUT2D eigenvalue weighted by atomic mass is 79.9. The summed E-state index contributed by atoms with van der Waals surface area (Å²) in [5.74, 6) is 0.781. The second-order valence-electron chi connectivity index (χ2n) is 4.69. The van der Waals surface area contributed by atoms with Gasteiger partial charge in [-0.15, -0.1) is 0 Å². The average Bonchev–Trinajstić information content (AvgIpc) is 2.50.